The van der Waals surface area contributed by atoms with E-state index in [1.54, 1.807) is 7.11 Å². The van der Waals surface area contributed by atoms with Gasteiger partial charge in [0.25, 0.3) is 0 Å². The molecule has 11 heteroatoms. The summed E-state index contributed by atoms with van der Waals surface area (Å²) < 4.78 is 44.1. The van der Waals surface area contributed by atoms with Gasteiger partial charge in [-0.15, -0.1) is 0 Å². The largest absolute Gasteiger partial charge is 0.495 e. The van der Waals surface area contributed by atoms with Crippen LogP contribution in [0.5, 0.6) is 5.75 Å². The number of piperazine rings is 1. The Morgan fingerprint density at radius 1 is 0.861 bits per heavy atom. The van der Waals surface area contributed by atoms with Crippen LogP contribution in [0.2, 0.25) is 0 Å². The number of fused-ring (bicyclic) bond motifs is 1. The number of hydrogen-bond acceptors (Lipinski definition) is 8. The van der Waals surface area contributed by atoms with Gasteiger partial charge in [-0.1, -0.05) is 36.4 Å². The number of aromatic nitrogens is 3. The van der Waals surface area contributed by atoms with Gasteiger partial charge in [-0.25, -0.2) is 0 Å². The minimum Gasteiger partial charge on any atom is -0.495 e. The van der Waals surface area contributed by atoms with E-state index in [-0.39, 0.29) is 17.9 Å². The first-order chi connectivity index (χ1) is 17.4. The van der Waals surface area contributed by atoms with E-state index >= 15 is 0 Å². The molecular weight excluding hydrogens is 471 g/mol. The molecule has 2 aromatic carbocycles. The molecule has 1 saturated heterocycles. The van der Waals surface area contributed by atoms with Gasteiger partial charge in [-0.3, -0.25) is 0 Å². The van der Waals surface area contributed by atoms with Crippen LogP contribution < -0.4 is 25.2 Å². The molecule has 190 valence electrons. The van der Waals surface area contributed by atoms with Gasteiger partial charge in [-0.2, -0.15) is 28.1 Å². The zero-order valence-electron chi connectivity index (χ0n) is 19.9. The summed E-state index contributed by atoms with van der Waals surface area (Å²) in [5.41, 5.74) is 3.52. The molecule has 0 radical (unpaired) electrons. The molecule has 0 atom stereocenters. The Balaban J connectivity index is 1.32. The van der Waals surface area contributed by atoms with E-state index in [9.17, 15) is 13.2 Å². The Kier molecular flexibility index (Phi) is 6.71. The predicted molar refractivity (Wildman–Crippen MR) is 133 cm³/mol. The van der Waals surface area contributed by atoms with Crippen LogP contribution in [0.15, 0.2) is 48.5 Å². The smallest absolute Gasteiger partial charge is 0.405 e. The minimum absolute atomic E-state index is 0.0653. The highest BCUT2D eigenvalue weighted by Gasteiger charge is 2.29. The van der Waals surface area contributed by atoms with Gasteiger partial charge in [-0.05, 0) is 36.1 Å². The number of ether oxygens (including phenoxy) is 1. The normalized spacial score (nSPS) is 16.1. The van der Waals surface area contributed by atoms with Gasteiger partial charge in [0.05, 0.1) is 12.8 Å². The molecule has 1 aliphatic heterocycles. The van der Waals surface area contributed by atoms with E-state index in [1.165, 1.54) is 11.1 Å². The van der Waals surface area contributed by atoms with Gasteiger partial charge in [0.2, 0.25) is 17.8 Å². The molecule has 1 aliphatic carbocycles. The Morgan fingerprint density at radius 3 is 2.14 bits per heavy atom. The number of nitrogens with zero attached hydrogens (tertiary/aromatic N) is 5. The van der Waals surface area contributed by atoms with Gasteiger partial charge in [0.1, 0.15) is 12.3 Å². The highest BCUT2D eigenvalue weighted by Crippen LogP contribution is 2.29. The summed E-state index contributed by atoms with van der Waals surface area (Å²) in [6.07, 6.45) is -2.77. The van der Waals surface area contributed by atoms with Crippen LogP contribution in [0.4, 0.5) is 36.7 Å². The molecule has 0 bridgehead atoms. The number of anilines is 4. The number of para-hydroxylation sites is 2. The summed E-state index contributed by atoms with van der Waals surface area (Å²) in [5.74, 6) is 1.33. The number of hydrogen-bond donors (Lipinski definition) is 2. The fourth-order valence-electron chi connectivity index (χ4n) is 4.71. The first-order valence-corrected chi connectivity index (χ1v) is 11.9. The van der Waals surface area contributed by atoms with Crippen LogP contribution in [0.3, 0.4) is 0 Å². The molecule has 2 aliphatic rings. The first-order valence-electron chi connectivity index (χ1n) is 11.9. The highest BCUT2D eigenvalue weighted by atomic mass is 19.4. The monoisotopic (exact) mass is 499 g/mol. The zero-order chi connectivity index (χ0) is 25.1. The summed E-state index contributed by atoms with van der Waals surface area (Å²) >= 11 is 0. The predicted octanol–water partition coefficient (Wildman–Crippen LogP) is 3.76. The maximum absolute atomic E-state index is 12.9. The molecule has 0 saturated carbocycles. The lowest BCUT2D eigenvalue weighted by Crippen LogP contribution is -2.47. The van der Waals surface area contributed by atoms with Crippen LogP contribution in [-0.2, 0) is 12.8 Å². The van der Waals surface area contributed by atoms with Crippen molar-refractivity contribution >= 4 is 23.5 Å². The van der Waals surface area contributed by atoms with Crippen molar-refractivity contribution in [1.82, 2.24) is 15.0 Å². The van der Waals surface area contributed by atoms with E-state index in [0.29, 0.717) is 32.1 Å². The van der Waals surface area contributed by atoms with Crippen molar-refractivity contribution in [2.75, 3.05) is 60.3 Å². The van der Waals surface area contributed by atoms with Crippen LogP contribution in [0.1, 0.15) is 11.1 Å². The summed E-state index contributed by atoms with van der Waals surface area (Å²) in [7, 11) is 1.65. The van der Waals surface area contributed by atoms with Crippen LogP contribution in [-0.4, -0.2) is 67.0 Å². The van der Waals surface area contributed by atoms with Crippen LogP contribution in [0.25, 0.3) is 0 Å². The first kappa shape index (κ1) is 24.0. The third kappa shape index (κ3) is 5.55. The fraction of sp³-hybridized carbons (Fsp3) is 0.400. The van der Waals surface area contributed by atoms with E-state index in [4.69, 9.17) is 4.74 Å². The third-order valence-corrected chi connectivity index (χ3v) is 6.44. The van der Waals surface area contributed by atoms with Gasteiger partial charge in [0.15, 0.2) is 0 Å². The molecule has 2 N–H and O–H groups in total. The zero-order valence-corrected chi connectivity index (χ0v) is 19.9. The van der Waals surface area contributed by atoms with Gasteiger partial charge >= 0.3 is 6.18 Å². The standard InChI is InChI=1S/C25H28F3N7O/c1-36-21-9-5-4-8-20(21)34-10-12-35(13-11-34)24-32-22(29-16-25(26,27)28)31-23(33-24)30-19-14-17-6-2-3-7-18(17)15-19/h2-9,19H,10-16H2,1H3,(H2,29,30,31,32,33). The molecule has 1 fully saturated rings. The van der Waals surface area contributed by atoms with Crippen molar-refractivity contribution in [3.05, 3.63) is 59.7 Å². The number of benzene rings is 2. The Morgan fingerprint density at radius 2 is 1.47 bits per heavy atom. The van der Waals surface area contributed by atoms with Gasteiger partial charge < -0.3 is 25.2 Å². The number of halogens is 3. The van der Waals surface area contributed by atoms with Crippen LogP contribution in [0, 0.1) is 0 Å². The summed E-state index contributed by atoms with van der Waals surface area (Å²) in [5, 5.41) is 5.63. The molecule has 1 aromatic heterocycles. The van der Waals surface area contributed by atoms with Crippen LogP contribution >= 0.6 is 0 Å². The van der Waals surface area contributed by atoms with Crippen molar-refractivity contribution < 1.29 is 17.9 Å². The van der Waals surface area contributed by atoms with Crippen molar-refractivity contribution in [1.29, 1.82) is 0 Å². The van der Waals surface area contributed by atoms with Crippen molar-refractivity contribution in [3.8, 4) is 5.75 Å². The van der Waals surface area contributed by atoms with E-state index in [2.05, 4.69) is 42.6 Å². The SMILES string of the molecule is COc1ccccc1N1CCN(c2nc(NCC(F)(F)F)nc(NC3Cc4ccccc4C3)n2)CC1. The second-order valence-electron chi connectivity index (χ2n) is 8.92. The lowest BCUT2D eigenvalue weighted by atomic mass is 10.1. The van der Waals surface area contributed by atoms with Crippen molar-refractivity contribution in [2.45, 2.75) is 25.1 Å². The lowest BCUT2D eigenvalue weighted by Gasteiger charge is -2.36. The maximum Gasteiger partial charge on any atom is 0.405 e. The average Bonchev–Trinajstić information content (AvgIpc) is 3.29. The second kappa shape index (κ2) is 10.1. The molecule has 0 spiro atoms. The number of methoxy groups -OCH3 is 1. The van der Waals surface area contributed by atoms with E-state index in [0.717, 1.165) is 24.3 Å². The number of alkyl halides is 3. The molecule has 5 rings (SSSR count). The minimum atomic E-state index is -4.38. The summed E-state index contributed by atoms with van der Waals surface area (Å²) in [6.45, 7) is 1.38. The van der Waals surface area contributed by atoms with E-state index < -0.39 is 12.7 Å². The summed E-state index contributed by atoms with van der Waals surface area (Å²) in [6, 6.07) is 16.1. The quantitative estimate of drug-likeness (QED) is 0.509. The molecule has 2 heterocycles. The lowest BCUT2D eigenvalue weighted by molar-refractivity contribution is -0.115. The Bertz CT molecular complexity index is 1170. The van der Waals surface area contributed by atoms with E-state index in [1.807, 2.05) is 41.3 Å². The number of nitrogens with one attached hydrogen (secondary N) is 2. The van der Waals surface area contributed by atoms with Gasteiger partial charge in [0, 0.05) is 32.2 Å². The molecule has 36 heavy (non-hydrogen) atoms. The summed E-state index contributed by atoms with van der Waals surface area (Å²) in [4.78, 5) is 17.3. The molecule has 3 aromatic rings. The fourth-order valence-corrected chi connectivity index (χ4v) is 4.71. The van der Waals surface area contributed by atoms with Crippen molar-refractivity contribution in [3.63, 3.8) is 0 Å². The molecule has 0 unspecified atom stereocenters. The highest BCUT2D eigenvalue weighted by molar-refractivity contribution is 5.59. The number of rotatable bonds is 7. The molecular formula is C25H28F3N7O. The Labute approximate surface area is 207 Å². The topological polar surface area (TPSA) is 78.4 Å². The Hall–Kier alpha value is -3.76. The maximum atomic E-state index is 12.9. The molecule has 0 amide bonds. The second-order valence-corrected chi connectivity index (χ2v) is 8.92. The third-order valence-electron chi connectivity index (χ3n) is 6.44. The van der Waals surface area contributed by atoms with Crippen molar-refractivity contribution in [2.24, 2.45) is 0 Å². The average molecular weight is 500 g/mol. The molecule has 8 nitrogen and oxygen atoms in total.